The molecule has 0 saturated heterocycles. The Balaban J connectivity index is 2.82. The van der Waals surface area contributed by atoms with Crippen LogP contribution in [-0.4, -0.2) is 36.2 Å². The predicted molar refractivity (Wildman–Crippen MR) is 118 cm³/mol. The van der Waals surface area contributed by atoms with Crippen molar-refractivity contribution in [1.29, 1.82) is 0 Å². The summed E-state index contributed by atoms with van der Waals surface area (Å²) >= 11 is -0.389. The van der Waals surface area contributed by atoms with Crippen LogP contribution in [0.1, 0.15) is 27.7 Å². The number of hydrogen-bond acceptors (Lipinski definition) is 3. The summed E-state index contributed by atoms with van der Waals surface area (Å²) in [7, 11) is -4.49. The fourth-order valence-corrected chi connectivity index (χ4v) is 6.35. The van der Waals surface area contributed by atoms with Crippen LogP contribution in [-0.2, 0) is 14.6 Å². The van der Waals surface area contributed by atoms with E-state index < -0.39 is 32.1 Å². The number of alkyl halides is 3. The van der Waals surface area contributed by atoms with Gasteiger partial charge in [0.25, 0.3) is 0 Å². The van der Waals surface area contributed by atoms with Gasteiger partial charge in [-0.3, -0.25) is 0 Å². The first-order valence-electron chi connectivity index (χ1n) is 9.57. The molecule has 8 heteroatoms. The van der Waals surface area contributed by atoms with E-state index in [0.717, 1.165) is 10.5 Å². The Bertz CT molecular complexity index is 1040. The predicted octanol–water partition coefficient (Wildman–Crippen LogP) is 5.23. The van der Waals surface area contributed by atoms with Crippen LogP contribution in [0.15, 0.2) is 86.8 Å². The number of benzene rings is 2. The zero-order valence-electron chi connectivity index (χ0n) is 17.7. The molecule has 0 radical (unpaired) electrons. The second kappa shape index (κ2) is 10.1. The van der Waals surface area contributed by atoms with Gasteiger partial charge in [-0.1, -0.05) is 0 Å². The number of halogens is 3. The summed E-state index contributed by atoms with van der Waals surface area (Å²) in [5, 5.41) is 0. The van der Waals surface area contributed by atoms with Gasteiger partial charge in [-0.2, -0.15) is 0 Å². The minimum absolute atomic E-state index is 0.219. The molecule has 0 spiro atoms. The van der Waals surface area contributed by atoms with E-state index in [9.17, 15) is 21.6 Å². The normalized spacial score (nSPS) is 14.2. The van der Waals surface area contributed by atoms with Gasteiger partial charge in [0.05, 0.1) is 0 Å². The SMILES string of the molecule is CCO/C(=C(\C=C(/[Se]c1ccccc1)C(C)(C)C)S(=O)(=O)c1ccccc1)C(F)(F)F. The summed E-state index contributed by atoms with van der Waals surface area (Å²) in [6.45, 7) is 6.63. The molecule has 0 unspecified atom stereocenters. The van der Waals surface area contributed by atoms with Crippen LogP contribution in [0.5, 0.6) is 0 Å². The first-order chi connectivity index (χ1) is 14.4. The van der Waals surface area contributed by atoms with Crippen molar-refractivity contribution in [3.8, 4) is 0 Å². The molecule has 2 aromatic carbocycles. The topological polar surface area (TPSA) is 43.4 Å². The Morgan fingerprint density at radius 2 is 1.48 bits per heavy atom. The molecule has 168 valence electrons. The van der Waals surface area contributed by atoms with Crippen molar-refractivity contribution < 1.29 is 26.3 Å². The number of hydrogen-bond donors (Lipinski definition) is 0. The zero-order chi connectivity index (χ0) is 23.3. The van der Waals surface area contributed by atoms with Gasteiger partial charge in [0.1, 0.15) is 0 Å². The molecule has 0 fully saturated rings. The quantitative estimate of drug-likeness (QED) is 0.287. The molecule has 0 heterocycles. The van der Waals surface area contributed by atoms with Crippen LogP contribution < -0.4 is 4.46 Å². The molecule has 2 rings (SSSR count). The van der Waals surface area contributed by atoms with Gasteiger partial charge >= 0.3 is 188 Å². The van der Waals surface area contributed by atoms with Crippen LogP contribution in [0.3, 0.4) is 0 Å². The van der Waals surface area contributed by atoms with E-state index in [2.05, 4.69) is 0 Å². The van der Waals surface area contributed by atoms with Crippen LogP contribution in [0.2, 0.25) is 0 Å². The maximum atomic E-state index is 13.9. The summed E-state index contributed by atoms with van der Waals surface area (Å²) in [6.07, 6.45) is -3.81. The Labute approximate surface area is 188 Å². The van der Waals surface area contributed by atoms with Gasteiger partial charge < -0.3 is 0 Å². The third kappa shape index (κ3) is 6.73. The van der Waals surface area contributed by atoms with Crippen molar-refractivity contribution in [3.05, 3.63) is 81.9 Å². The molecule has 0 aliphatic rings. The molecular formula is C23H25F3O3SSe. The van der Waals surface area contributed by atoms with Crippen molar-refractivity contribution in [1.82, 2.24) is 0 Å². The molecule has 0 aliphatic carbocycles. The maximum absolute atomic E-state index is 13.9. The summed E-state index contributed by atoms with van der Waals surface area (Å²) in [5.41, 5.74) is -0.559. The molecule has 0 aromatic heterocycles. The molecule has 0 bridgehead atoms. The van der Waals surface area contributed by atoms with Gasteiger partial charge in [-0.15, -0.1) is 0 Å². The number of allylic oxidation sites excluding steroid dienone is 3. The van der Waals surface area contributed by atoms with Crippen LogP contribution in [0, 0.1) is 5.41 Å². The Morgan fingerprint density at radius 3 is 1.94 bits per heavy atom. The van der Waals surface area contributed by atoms with Crippen LogP contribution >= 0.6 is 0 Å². The fourth-order valence-electron chi connectivity index (χ4n) is 2.56. The van der Waals surface area contributed by atoms with Crippen LogP contribution in [0.4, 0.5) is 13.2 Å². The van der Waals surface area contributed by atoms with Crippen molar-refractivity contribution in [2.45, 2.75) is 38.8 Å². The monoisotopic (exact) mass is 518 g/mol. The molecular weight excluding hydrogens is 492 g/mol. The van der Waals surface area contributed by atoms with Gasteiger partial charge in [0.2, 0.25) is 0 Å². The second-order valence-corrected chi connectivity index (χ2v) is 11.9. The molecule has 3 nitrogen and oxygen atoms in total. The molecule has 2 aromatic rings. The minimum atomic E-state index is -4.97. The standard InChI is InChI=1S/C23H25F3O3SSe/c1-5-29-21(23(24,25)26)19(30(27,28)17-12-8-6-9-13-17)16-20(22(2,3)4)31-18-14-10-7-11-15-18/h6-16H,5H2,1-4H3/b20-16-,21-19+. The first kappa shape index (κ1) is 25.2. The van der Waals surface area contributed by atoms with E-state index in [1.54, 1.807) is 6.07 Å². The number of rotatable bonds is 7. The van der Waals surface area contributed by atoms with E-state index in [4.69, 9.17) is 4.74 Å². The van der Waals surface area contributed by atoms with E-state index in [1.165, 1.54) is 31.2 Å². The molecule has 0 amide bonds. The fraction of sp³-hybridized carbons (Fsp3) is 0.304. The van der Waals surface area contributed by atoms with Gasteiger partial charge in [0, 0.05) is 0 Å². The van der Waals surface area contributed by atoms with Crippen LogP contribution in [0.25, 0.3) is 0 Å². The Hall–Kier alpha value is -2.02. The summed E-state index contributed by atoms with van der Waals surface area (Å²) < 4.78 is 74.8. The average Bonchev–Trinajstić information content (AvgIpc) is 2.69. The van der Waals surface area contributed by atoms with E-state index in [0.29, 0.717) is 4.47 Å². The second-order valence-electron chi connectivity index (χ2n) is 7.61. The van der Waals surface area contributed by atoms with Crippen molar-refractivity contribution in [2.24, 2.45) is 5.41 Å². The first-order valence-corrected chi connectivity index (χ1v) is 12.8. The average molecular weight is 517 g/mol. The number of ether oxygens (including phenoxy) is 1. The van der Waals surface area contributed by atoms with Crippen molar-refractivity contribution >= 4 is 29.3 Å². The van der Waals surface area contributed by atoms with Crippen molar-refractivity contribution in [2.75, 3.05) is 6.61 Å². The molecule has 0 N–H and O–H groups in total. The van der Waals surface area contributed by atoms with E-state index in [-0.39, 0.29) is 26.5 Å². The summed E-state index contributed by atoms with van der Waals surface area (Å²) in [5.74, 6) is -1.50. The Kier molecular flexibility index (Phi) is 8.20. The molecule has 0 atom stereocenters. The number of sulfone groups is 1. The third-order valence-electron chi connectivity index (χ3n) is 4.09. The van der Waals surface area contributed by atoms with Gasteiger partial charge in [-0.05, 0) is 0 Å². The van der Waals surface area contributed by atoms with Gasteiger partial charge in [0.15, 0.2) is 0 Å². The van der Waals surface area contributed by atoms with E-state index in [1.807, 2.05) is 51.1 Å². The van der Waals surface area contributed by atoms with Crippen molar-refractivity contribution in [3.63, 3.8) is 0 Å². The van der Waals surface area contributed by atoms with Gasteiger partial charge in [-0.25, -0.2) is 0 Å². The molecule has 0 aliphatic heterocycles. The Morgan fingerprint density at radius 1 is 0.968 bits per heavy atom. The molecule has 0 saturated carbocycles. The third-order valence-corrected chi connectivity index (χ3v) is 8.92. The zero-order valence-corrected chi connectivity index (χ0v) is 20.3. The molecule has 31 heavy (non-hydrogen) atoms. The summed E-state index contributed by atoms with van der Waals surface area (Å²) in [6, 6.07) is 16.4. The summed E-state index contributed by atoms with van der Waals surface area (Å²) in [4.78, 5) is -1.08. The van der Waals surface area contributed by atoms with E-state index >= 15 is 0 Å².